The number of nitrogens with one attached hydrogen (secondary N) is 1. The van der Waals surface area contributed by atoms with Gasteiger partial charge in [-0.3, -0.25) is 0 Å². The summed E-state index contributed by atoms with van der Waals surface area (Å²) in [5, 5.41) is 16.5. The Hall–Kier alpha value is -2.84. The summed E-state index contributed by atoms with van der Waals surface area (Å²) in [7, 11) is 1.67. The maximum atomic E-state index is 13.1. The van der Waals surface area contributed by atoms with Crippen LogP contribution in [-0.4, -0.2) is 40.5 Å². The van der Waals surface area contributed by atoms with Gasteiger partial charge in [-0.2, -0.15) is 0 Å². The van der Waals surface area contributed by atoms with Gasteiger partial charge in [0, 0.05) is 30.1 Å². The van der Waals surface area contributed by atoms with Crippen molar-refractivity contribution in [3.63, 3.8) is 0 Å². The fourth-order valence-corrected chi connectivity index (χ4v) is 7.62. The van der Waals surface area contributed by atoms with Gasteiger partial charge in [-0.15, -0.1) is 11.3 Å². The number of nitrogens with zero attached hydrogens (tertiary/aromatic N) is 2. The lowest BCUT2D eigenvalue weighted by Gasteiger charge is -2.45. The molecule has 0 radical (unpaired) electrons. The van der Waals surface area contributed by atoms with Crippen molar-refractivity contribution in [1.82, 2.24) is 14.9 Å². The SMILES string of the molecule is COc1ccc(-c2nc(-c3cc(OC(=O)NCC4C(C)C(O)CCC4(C)C)c(C)n3CC3CCCCC3)cs2)cc1. The molecule has 0 spiro atoms. The Morgan fingerprint density at radius 2 is 1.90 bits per heavy atom. The van der Waals surface area contributed by atoms with E-state index >= 15 is 0 Å². The Morgan fingerprint density at radius 3 is 2.61 bits per heavy atom. The minimum Gasteiger partial charge on any atom is -0.497 e. The van der Waals surface area contributed by atoms with Crippen molar-refractivity contribution in [3.8, 4) is 33.5 Å². The van der Waals surface area contributed by atoms with Crippen molar-refractivity contribution in [2.75, 3.05) is 13.7 Å². The van der Waals surface area contributed by atoms with Gasteiger partial charge in [0.05, 0.1) is 30.3 Å². The third-order valence-electron chi connectivity index (χ3n) is 9.59. The quantitative estimate of drug-likeness (QED) is 0.286. The number of carbonyl (C=O) groups is 1. The second-order valence-electron chi connectivity index (χ2n) is 12.7. The molecule has 2 N–H and O–H groups in total. The molecule has 5 rings (SSSR count). The molecule has 2 aromatic heterocycles. The van der Waals surface area contributed by atoms with Gasteiger partial charge < -0.3 is 24.5 Å². The van der Waals surface area contributed by atoms with Crippen LogP contribution in [0.1, 0.15) is 71.4 Å². The van der Waals surface area contributed by atoms with E-state index in [0.29, 0.717) is 18.2 Å². The van der Waals surface area contributed by atoms with E-state index in [2.05, 4.69) is 36.0 Å². The molecule has 2 heterocycles. The zero-order chi connectivity index (χ0) is 29.1. The zero-order valence-electron chi connectivity index (χ0n) is 25.1. The van der Waals surface area contributed by atoms with Crippen LogP contribution in [0.15, 0.2) is 35.7 Å². The van der Waals surface area contributed by atoms with Gasteiger partial charge >= 0.3 is 6.09 Å². The number of aliphatic hydroxyl groups is 1. The molecule has 1 aromatic carbocycles. The predicted octanol–water partition coefficient (Wildman–Crippen LogP) is 7.70. The van der Waals surface area contributed by atoms with E-state index in [1.807, 2.05) is 37.3 Å². The van der Waals surface area contributed by atoms with E-state index in [-0.39, 0.29) is 23.4 Å². The first-order chi connectivity index (χ1) is 19.7. The summed E-state index contributed by atoms with van der Waals surface area (Å²) >= 11 is 1.61. The molecule has 0 bridgehead atoms. The first-order valence-electron chi connectivity index (χ1n) is 15.1. The summed E-state index contributed by atoms with van der Waals surface area (Å²) in [6, 6.07) is 9.93. The van der Waals surface area contributed by atoms with E-state index in [1.165, 1.54) is 32.1 Å². The normalized spacial score (nSPS) is 22.8. The van der Waals surface area contributed by atoms with Gasteiger partial charge in [0.15, 0.2) is 5.75 Å². The third-order valence-corrected chi connectivity index (χ3v) is 10.5. The Morgan fingerprint density at radius 1 is 1.17 bits per heavy atom. The highest BCUT2D eigenvalue weighted by Gasteiger charge is 2.41. The van der Waals surface area contributed by atoms with Gasteiger partial charge in [-0.25, -0.2) is 9.78 Å². The number of rotatable bonds is 8. The number of benzene rings is 1. The van der Waals surface area contributed by atoms with Gasteiger partial charge in [0.2, 0.25) is 0 Å². The molecule has 2 aliphatic rings. The molecule has 2 saturated carbocycles. The Balaban J connectivity index is 1.36. The largest absolute Gasteiger partial charge is 0.497 e. The number of hydrogen-bond donors (Lipinski definition) is 2. The van der Waals surface area contributed by atoms with Crippen LogP contribution in [0.5, 0.6) is 11.5 Å². The van der Waals surface area contributed by atoms with Crippen molar-refractivity contribution in [2.45, 2.75) is 85.3 Å². The lowest BCUT2D eigenvalue weighted by Crippen LogP contribution is -2.47. The second-order valence-corrected chi connectivity index (χ2v) is 13.5. The van der Waals surface area contributed by atoms with E-state index < -0.39 is 6.09 Å². The molecule has 0 saturated heterocycles. The summed E-state index contributed by atoms with van der Waals surface area (Å²) in [4.78, 5) is 18.1. The van der Waals surface area contributed by atoms with Crippen LogP contribution in [0.3, 0.4) is 0 Å². The van der Waals surface area contributed by atoms with Crippen LogP contribution in [0.2, 0.25) is 0 Å². The van der Waals surface area contributed by atoms with Crippen LogP contribution in [0.4, 0.5) is 4.79 Å². The van der Waals surface area contributed by atoms with E-state index in [0.717, 1.165) is 52.8 Å². The van der Waals surface area contributed by atoms with Gasteiger partial charge in [-0.05, 0) is 80.0 Å². The molecule has 3 atom stereocenters. The number of thiazole rings is 1. The summed E-state index contributed by atoms with van der Waals surface area (Å²) in [6.07, 6.45) is 7.28. The van der Waals surface area contributed by atoms with Crippen LogP contribution < -0.4 is 14.8 Å². The van der Waals surface area contributed by atoms with Gasteiger partial charge in [-0.1, -0.05) is 40.0 Å². The number of ether oxygens (including phenoxy) is 2. The van der Waals surface area contributed by atoms with Crippen molar-refractivity contribution in [1.29, 1.82) is 0 Å². The Kier molecular flexibility index (Phi) is 9.09. The minimum atomic E-state index is -0.449. The first-order valence-corrected chi connectivity index (χ1v) is 16.0. The highest BCUT2D eigenvalue weighted by atomic mass is 32.1. The van der Waals surface area contributed by atoms with Gasteiger partial charge in [0.25, 0.3) is 0 Å². The molecular weight excluding hydrogens is 534 g/mol. The van der Waals surface area contributed by atoms with Crippen LogP contribution in [0, 0.1) is 30.1 Å². The molecule has 7 nitrogen and oxygen atoms in total. The number of hydrogen-bond acceptors (Lipinski definition) is 6. The fourth-order valence-electron chi connectivity index (χ4n) is 6.80. The molecule has 1 amide bonds. The molecule has 222 valence electrons. The summed E-state index contributed by atoms with van der Waals surface area (Å²) in [5.41, 5.74) is 3.91. The highest BCUT2D eigenvalue weighted by molar-refractivity contribution is 7.13. The second kappa shape index (κ2) is 12.6. The maximum absolute atomic E-state index is 13.1. The Bertz CT molecular complexity index is 1320. The number of carbonyl (C=O) groups excluding carboxylic acids is 1. The molecular formula is C33H45N3O4S. The van der Waals surface area contributed by atoms with Crippen LogP contribution in [0.25, 0.3) is 22.0 Å². The monoisotopic (exact) mass is 579 g/mol. The minimum absolute atomic E-state index is 0.0462. The zero-order valence-corrected chi connectivity index (χ0v) is 25.9. The third kappa shape index (κ3) is 6.64. The average molecular weight is 580 g/mol. The van der Waals surface area contributed by atoms with E-state index in [9.17, 15) is 9.90 Å². The van der Waals surface area contributed by atoms with Crippen LogP contribution in [-0.2, 0) is 6.54 Å². The summed E-state index contributed by atoms with van der Waals surface area (Å²) < 4.78 is 13.6. The van der Waals surface area contributed by atoms with Crippen LogP contribution >= 0.6 is 11.3 Å². The van der Waals surface area contributed by atoms with E-state index in [1.54, 1.807) is 18.4 Å². The van der Waals surface area contributed by atoms with Gasteiger partial charge in [0.1, 0.15) is 10.8 Å². The molecule has 41 heavy (non-hydrogen) atoms. The molecule has 8 heteroatoms. The first kappa shape index (κ1) is 29.6. The van der Waals surface area contributed by atoms with Crippen molar-refractivity contribution >= 4 is 17.4 Å². The molecule has 3 aromatic rings. The molecule has 0 aliphatic heterocycles. The number of aromatic nitrogens is 2. The maximum Gasteiger partial charge on any atom is 0.412 e. The summed E-state index contributed by atoms with van der Waals surface area (Å²) in [5.74, 6) is 2.30. The van der Waals surface area contributed by atoms with E-state index in [4.69, 9.17) is 14.5 Å². The standard InChI is InChI=1S/C33H45N3O4S/c1-21-26(33(3,4)16-15-29(21)37)18-34-32(38)40-30-17-28(36(22(30)2)19-23-9-7-6-8-10-23)27-20-41-31(35-27)24-11-13-25(39-5)14-12-24/h11-14,17,20-21,23,26,29,37H,6-10,15-16,18-19H2,1-5H3,(H,34,38). The smallest absolute Gasteiger partial charge is 0.412 e. The highest BCUT2D eigenvalue weighted by Crippen LogP contribution is 2.43. The Labute approximate surface area is 248 Å². The fraction of sp³-hybridized carbons (Fsp3) is 0.576. The molecule has 3 unspecified atom stereocenters. The number of amides is 1. The average Bonchev–Trinajstić information content (AvgIpc) is 3.57. The van der Waals surface area contributed by atoms with Crippen molar-refractivity contribution in [3.05, 3.63) is 41.4 Å². The number of aliphatic hydroxyl groups excluding tert-OH is 1. The number of methoxy groups -OCH3 is 1. The topological polar surface area (TPSA) is 85.6 Å². The van der Waals surface area contributed by atoms with Crippen molar-refractivity contribution in [2.24, 2.45) is 23.2 Å². The lowest BCUT2D eigenvalue weighted by molar-refractivity contribution is -0.0234. The molecule has 2 aliphatic carbocycles. The molecule has 2 fully saturated rings. The summed E-state index contributed by atoms with van der Waals surface area (Å²) in [6.45, 7) is 9.95. The lowest BCUT2D eigenvalue weighted by atomic mass is 9.63. The predicted molar refractivity (Wildman–Crippen MR) is 165 cm³/mol. The van der Waals surface area contributed by atoms with Crippen molar-refractivity contribution < 1.29 is 19.4 Å².